The Bertz CT molecular complexity index is 471. The Morgan fingerprint density at radius 3 is 2.68 bits per heavy atom. The molecule has 0 aromatic heterocycles. The van der Waals surface area contributed by atoms with Crippen LogP contribution < -0.4 is 5.73 Å². The molecule has 5 nitrogen and oxygen atoms in total. The normalized spacial score (nSPS) is 17.2. The van der Waals surface area contributed by atoms with E-state index < -0.39 is 0 Å². The van der Waals surface area contributed by atoms with E-state index in [-0.39, 0.29) is 24.5 Å². The van der Waals surface area contributed by atoms with Gasteiger partial charge in [-0.15, -0.1) is 0 Å². The van der Waals surface area contributed by atoms with Crippen LogP contribution in [0.25, 0.3) is 0 Å². The number of oxime groups is 1. The Kier molecular flexibility index (Phi) is 4.16. The van der Waals surface area contributed by atoms with Gasteiger partial charge in [0.15, 0.2) is 12.4 Å². The van der Waals surface area contributed by atoms with Gasteiger partial charge < -0.3 is 10.6 Å². The van der Waals surface area contributed by atoms with Gasteiger partial charge in [0.05, 0.1) is 12.6 Å². The van der Waals surface area contributed by atoms with E-state index in [0.717, 1.165) is 5.56 Å². The minimum atomic E-state index is -0.312. The van der Waals surface area contributed by atoms with Crippen LogP contribution in [0, 0.1) is 5.92 Å². The van der Waals surface area contributed by atoms with Crippen molar-refractivity contribution in [3.63, 3.8) is 0 Å². The number of nitrogens with zero attached hydrogens (tertiary/aromatic N) is 2. The number of nitrogens with two attached hydrogens (primary N) is 1. The molecule has 19 heavy (non-hydrogen) atoms. The highest BCUT2D eigenvalue weighted by Gasteiger charge is 2.30. The zero-order chi connectivity index (χ0) is 13.8. The van der Waals surface area contributed by atoms with Crippen molar-refractivity contribution >= 4 is 11.7 Å². The van der Waals surface area contributed by atoms with Gasteiger partial charge in [0.1, 0.15) is 0 Å². The number of amides is 1. The van der Waals surface area contributed by atoms with Gasteiger partial charge in [-0.3, -0.25) is 9.69 Å². The molecule has 0 saturated carbocycles. The summed E-state index contributed by atoms with van der Waals surface area (Å²) in [6.45, 7) is 4.43. The molecule has 1 amide bonds. The van der Waals surface area contributed by atoms with E-state index in [1.165, 1.54) is 0 Å². The Morgan fingerprint density at radius 2 is 2.05 bits per heavy atom. The largest absolute Gasteiger partial charge is 0.384 e. The smallest absolute Gasteiger partial charge is 0.269 e. The summed E-state index contributed by atoms with van der Waals surface area (Å²) in [6.07, 6.45) is 0. The van der Waals surface area contributed by atoms with Crippen molar-refractivity contribution in [2.24, 2.45) is 16.8 Å². The number of hydrogen-bond donors (Lipinski definition) is 1. The topological polar surface area (TPSA) is 67.9 Å². The minimum Gasteiger partial charge on any atom is -0.384 e. The monoisotopic (exact) mass is 261 g/mol. The van der Waals surface area contributed by atoms with Crippen molar-refractivity contribution < 1.29 is 9.63 Å². The molecular weight excluding hydrogens is 242 g/mol. The molecule has 5 heteroatoms. The number of benzene rings is 1. The Labute approximate surface area is 113 Å². The SMILES string of the molecule is CC(C)C(N)C1=NOCC(=O)N1Cc1ccccc1. The second-order valence-electron chi connectivity index (χ2n) is 4.96. The Morgan fingerprint density at radius 1 is 1.37 bits per heavy atom. The van der Waals surface area contributed by atoms with E-state index in [1.807, 2.05) is 44.2 Å². The summed E-state index contributed by atoms with van der Waals surface area (Å²) >= 11 is 0. The maximum absolute atomic E-state index is 12.0. The molecule has 2 rings (SSSR count). The molecule has 0 aliphatic carbocycles. The minimum absolute atomic E-state index is 0.0266. The van der Waals surface area contributed by atoms with E-state index >= 15 is 0 Å². The van der Waals surface area contributed by atoms with Crippen LogP contribution in [0.1, 0.15) is 19.4 Å². The van der Waals surface area contributed by atoms with E-state index in [2.05, 4.69) is 5.16 Å². The van der Waals surface area contributed by atoms with Crippen LogP contribution in [0.15, 0.2) is 35.5 Å². The van der Waals surface area contributed by atoms with Crippen molar-refractivity contribution in [3.8, 4) is 0 Å². The van der Waals surface area contributed by atoms with Gasteiger partial charge in [0.25, 0.3) is 5.91 Å². The molecule has 2 N–H and O–H groups in total. The summed E-state index contributed by atoms with van der Waals surface area (Å²) in [6, 6.07) is 9.47. The molecule has 1 aliphatic heterocycles. The van der Waals surface area contributed by atoms with Crippen LogP contribution >= 0.6 is 0 Å². The first kappa shape index (κ1) is 13.5. The highest BCUT2D eigenvalue weighted by molar-refractivity contribution is 6.02. The highest BCUT2D eigenvalue weighted by Crippen LogP contribution is 2.14. The van der Waals surface area contributed by atoms with Gasteiger partial charge in [0.2, 0.25) is 0 Å². The molecule has 0 radical (unpaired) electrons. The summed E-state index contributed by atoms with van der Waals surface area (Å²) in [5, 5.41) is 3.98. The highest BCUT2D eigenvalue weighted by atomic mass is 16.6. The quantitative estimate of drug-likeness (QED) is 0.889. The van der Waals surface area contributed by atoms with Crippen LogP contribution in [-0.2, 0) is 16.2 Å². The Hall–Kier alpha value is -1.88. The van der Waals surface area contributed by atoms with Crippen LogP contribution in [-0.4, -0.2) is 29.3 Å². The second-order valence-corrected chi connectivity index (χ2v) is 4.96. The first-order valence-electron chi connectivity index (χ1n) is 6.39. The average Bonchev–Trinajstić information content (AvgIpc) is 2.41. The third kappa shape index (κ3) is 3.12. The maximum atomic E-state index is 12.0. The first-order valence-corrected chi connectivity index (χ1v) is 6.39. The summed E-state index contributed by atoms with van der Waals surface area (Å²) in [5.74, 6) is 0.589. The fraction of sp³-hybridized carbons (Fsp3) is 0.429. The van der Waals surface area contributed by atoms with Crippen LogP contribution in [0.5, 0.6) is 0 Å². The predicted molar refractivity (Wildman–Crippen MR) is 73.2 cm³/mol. The Balaban J connectivity index is 2.21. The first-order chi connectivity index (χ1) is 9.09. The number of rotatable bonds is 4. The van der Waals surface area contributed by atoms with Crippen molar-refractivity contribution in [1.29, 1.82) is 0 Å². The van der Waals surface area contributed by atoms with Gasteiger partial charge in [-0.2, -0.15) is 0 Å². The van der Waals surface area contributed by atoms with Gasteiger partial charge in [-0.05, 0) is 11.5 Å². The summed E-state index contributed by atoms with van der Waals surface area (Å²) in [7, 11) is 0. The number of hydrogen-bond acceptors (Lipinski definition) is 4. The van der Waals surface area contributed by atoms with Gasteiger partial charge >= 0.3 is 0 Å². The molecule has 0 saturated heterocycles. The lowest BCUT2D eigenvalue weighted by molar-refractivity contribution is -0.135. The van der Waals surface area contributed by atoms with Gasteiger partial charge in [0, 0.05) is 0 Å². The maximum Gasteiger partial charge on any atom is 0.269 e. The molecule has 0 spiro atoms. The van der Waals surface area contributed by atoms with Crippen LogP contribution in [0.4, 0.5) is 0 Å². The fourth-order valence-corrected chi connectivity index (χ4v) is 1.88. The summed E-state index contributed by atoms with van der Waals surface area (Å²) in [5.41, 5.74) is 7.14. The molecule has 0 fully saturated rings. The fourth-order valence-electron chi connectivity index (χ4n) is 1.88. The molecule has 0 bridgehead atoms. The standard InChI is InChI=1S/C14H19N3O2/c1-10(2)13(15)14-16-19-9-12(18)17(14)8-11-6-4-3-5-7-11/h3-7,10,13H,8-9,15H2,1-2H3. The number of carbonyl (C=O) groups excluding carboxylic acids is 1. The summed E-state index contributed by atoms with van der Waals surface area (Å²) < 4.78 is 0. The van der Waals surface area contributed by atoms with Crippen LogP contribution in [0.2, 0.25) is 0 Å². The number of amidine groups is 1. The van der Waals surface area contributed by atoms with Crippen molar-refractivity contribution in [1.82, 2.24) is 4.90 Å². The lowest BCUT2D eigenvalue weighted by Gasteiger charge is -2.31. The van der Waals surface area contributed by atoms with E-state index in [0.29, 0.717) is 12.4 Å². The third-order valence-corrected chi connectivity index (χ3v) is 3.12. The lowest BCUT2D eigenvalue weighted by Crippen LogP contribution is -2.51. The van der Waals surface area contributed by atoms with E-state index in [1.54, 1.807) is 4.90 Å². The molecule has 1 aromatic carbocycles. The number of carbonyl (C=O) groups is 1. The van der Waals surface area contributed by atoms with Crippen molar-refractivity contribution in [3.05, 3.63) is 35.9 Å². The van der Waals surface area contributed by atoms with Crippen molar-refractivity contribution in [2.45, 2.75) is 26.4 Å². The molecule has 102 valence electrons. The third-order valence-electron chi connectivity index (χ3n) is 3.12. The molecular formula is C14H19N3O2. The second kappa shape index (κ2) is 5.84. The molecule has 1 atom stereocenters. The summed E-state index contributed by atoms with van der Waals surface area (Å²) in [4.78, 5) is 18.6. The molecule has 1 aromatic rings. The van der Waals surface area contributed by atoms with E-state index in [9.17, 15) is 4.79 Å². The molecule has 1 aliphatic rings. The zero-order valence-corrected chi connectivity index (χ0v) is 11.2. The zero-order valence-electron chi connectivity index (χ0n) is 11.2. The predicted octanol–water partition coefficient (Wildman–Crippen LogP) is 1.34. The van der Waals surface area contributed by atoms with Crippen molar-refractivity contribution in [2.75, 3.05) is 6.61 Å². The molecule has 1 unspecified atom stereocenters. The molecule has 1 heterocycles. The van der Waals surface area contributed by atoms with Gasteiger partial charge in [-0.1, -0.05) is 49.3 Å². The van der Waals surface area contributed by atoms with Gasteiger partial charge in [-0.25, -0.2) is 0 Å². The lowest BCUT2D eigenvalue weighted by atomic mass is 10.0. The van der Waals surface area contributed by atoms with E-state index in [4.69, 9.17) is 10.6 Å². The van der Waals surface area contributed by atoms with Crippen LogP contribution in [0.3, 0.4) is 0 Å². The average molecular weight is 261 g/mol.